The molecule has 0 bridgehead atoms. The number of nitrogens with one attached hydrogen (secondary N) is 1. The first-order valence-corrected chi connectivity index (χ1v) is 8.11. The fraction of sp³-hybridized carbons (Fsp3) is 0.571. The zero-order valence-electron chi connectivity index (χ0n) is 13.2. The van der Waals surface area contributed by atoms with Crippen molar-refractivity contribution in [3.8, 4) is 5.75 Å². The lowest BCUT2D eigenvalue weighted by atomic mass is 10.2. The van der Waals surface area contributed by atoms with Crippen LogP contribution in [0.3, 0.4) is 0 Å². The van der Waals surface area contributed by atoms with Crippen molar-refractivity contribution >= 4 is 10.0 Å². The molecule has 0 amide bonds. The van der Waals surface area contributed by atoms with Crippen LogP contribution < -0.4 is 10.1 Å². The van der Waals surface area contributed by atoms with Gasteiger partial charge in [-0.2, -0.15) is 4.31 Å². The van der Waals surface area contributed by atoms with E-state index in [4.69, 9.17) is 9.47 Å². The number of likely N-dealkylation sites (N-methyl/N-ethyl adjacent to an activating group) is 1. The van der Waals surface area contributed by atoms with Gasteiger partial charge in [-0.05, 0) is 32.2 Å². The second kappa shape index (κ2) is 7.74. The quantitative estimate of drug-likeness (QED) is 0.777. The Kier molecular flexibility index (Phi) is 6.60. The third-order valence-corrected chi connectivity index (χ3v) is 5.29. The van der Waals surface area contributed by atoms with Crippen LogP contribution in [0.4, 0.5) is 0 Å². The summed E-state index contributed by atoms with van der Waals surface area (Å²) in [6, 6.07) is 4.63. The van der Waals surface area contributed by atoms with Crippen LogP contribution in [-0.2, 0) is 21.3 Å². The first kappa shape index (κ1) is 17.9. The van der Waals surface area contributed by atoms with Crippen LogP contribution in [0, 0.1) is 0 Å². The van der Waals surface area contributed by atoms with Gasteiger partial charge in [-0.15, -0.1) is 0 Å². The molecule has 0 aliphatic rings. The maximum atomic E-state index is 12.6. The normalized spacial score (nSPS) is 13.4. The van der Waals surface area contributed by atoms with E-state index >= 15 is 0 Å². The fourth-order valence-corrected chi connectivity index (χ4v) is 3.39. The molecule has 0 fully saturated rings. The van der Waals surface area contributed by atoms with Gasteiger partial charge in [-0.3, -0.25) is 0 Å². The topological polar surface area (TPSA) is 67.9 Å². The molecule has 0 radical (unpaired) electrons. The summed E-state index contributed by atoms with van der Waals surface area (Å²) in [5, 5.41) is 3.00. The average Bonchev–Trinajstić information content (AvgIpc) is 2.46. The highest BCUT2D eigenvalue weighted by molar-refractivity contribution is 7.89. The van der Waals surface area contributed by atoms with E-state index in [0.717, 1.165) is 5.56 Å². The monoisotopic (exact) mass is 316 g/mol. The molecule has 0 aliphatic carbocycles. The lowest BCUT2D eigenvalue weighted by Gasteiger charge is -2.24. The Labute approximate surface area is 127 Å². The zero-order valence-corrected chi connectivity index (χ0v) is 14.0. The number of hydrogen-bond acceptors (Lipinski definition) is 5. The van der Waals surface area contributed by atoms with Crippen LogP contribution in [0.1, 0.15) is 12.5 Å². The van der Waals surface area contributed by atoms with Crippen molar-refractivity contribution < 1.29 is 17.9 Å². The number of hydrogen-bond donors (Lipinski definition) is 1. The summed E-state index contributed by atoms with van der Waals surface area (Å²) in [6.07, 6.45) is 0. The number of sulfonamides is 1. The molecule has 21 heavy (non-hydrogen) atoms. The summed E-state index contributed by atoms with van der Waals surface area (Å²) in [7, 11) is 2.92. The van der Waals surface area contributed by atoms with E-state index in [-0.39, 0.29) is 10.9 Å². The second-order valence-corrected chi connectivity index (χ2v) is 6.83. The van der Waals surface area contributed by atoms with Gasteiger partial charge in [-0.1, -0.05) is 0 Å². The van der Waals surface area contributed by atoms with Gasteiger partial charge >= 0.3 is 0 Å². The number of ether oxygens (including phenoxy) is 2. The third-order valence-electron chi connectivity index (χ3n) is 3.32. The predicted octanol–water partition coefficient (Wildman–Crippen LogP) is 1.07. The van der Waals surface area contributed by atoms with Gasteiger partial charge in [-0.25, -0.2) is 8.42 Å². The molecule has 7 heteroatoms. The number of nitrogens with zero attached hydrogens (tertiary/aromatic N) is 1. The summed E-state index contributed by atoms with van der Waals surface area (Å²) in [5.41, 5.74) is 0.800. The number of rotatable bonds is 8. The zero-order chi connectivity index (χ0) is 16.0. The summed E-state index contributed by atoms with van der Waals surface area (Å²) in [6.45, 7) is 2.68. The first-order valence-electron chi connectivity index (χ1n) is 6.67. The van der Waals surface area contributed by atoms with Gasteiger partial charge in [0.2, 0.25) is 10.0 Å². The predicted molar refractivity (Wildman–Crippen MR) is 82.0 cm³/mol. The molecule has 0 saturated carbocycles. The Balaban J connectivity index is 3.16. The van der Waals surface area contributed by atoms with Crippen molar-refractivity contribution in [2.45, 2.75) is 24.4 Å². The van der Waals surface area contributed by atoms with Crippen molar-refractivity contribution in [1.29, 1.82) is 0 Å². The molecule has 120 valence electrons. The van der Waals surface area contributed by atoms with Crippen LogP contribution in [0.5, 0.6) is 5.75 Å². The van der Waals surface area contributed by atoms with E-state index < -0.39 is 10.0 Å². The Bertz CT molecular complexity index is 560. The van der Waals surface area contributed by atoms with Gasteiger partial charge in [0.15, 0.2) is 0 Å². The van der Waals surface area contributed by atoms with Crippen molar-refractivity contribution in [1.82, 2.24) is 9.62 Å². The highest BCUT2D eigenvalue weighted by Gasteiger charge is 2.26. The Morgan fingerprint density at radius 3 is 2.52 bits per heavy atom. The van der Waals surface area contributed by atoms with E-state index in [1.165, 1.54) is 4.31 Å². The highest BCUT2D eigenvalue weighted by Crippen LogP contribution is 2.24. The van der Waals surface area contributed by atoms with Gasteiger partial charge in [0, 0.05) is 32.3 Å². The summed E-state index contributed by atoms with van der Waals surface area (Å²) in [4.78, 5) is 0.249. The maximum Gasteiger partial charge on any atom is 0.243 e. The van der Waals surface area contributed by atoms with Crippen LogP contribution in [0.15, 0.2) is 23.1 Å². The minimum absolute atomic E-state index is 0.241. The minimum Gasteiger partial charge on any atom is -0.496 e. The van der Waals surface area contributed by atoms with Crippen LogP contribution >= 0.6 is 0 Å². The molecular formula is C14H24N2O4S. The van der Waals surface area contributed by atoms with Crippen molar-refractivity contribution in [2.24, 2.45) is 0 Å². The summed E-state index contributed by atoms with van der Waals surface area (Å²) < 4.78 is 36.8. The largest absolute Gasteiger partial charge is 0.496 e. The van der Waals surface area contributed by atoms with Gasteiger partial charge in [0.05, 0.1) is 18.6 Å². The molecule has 0 saturated heterocycles. The van der Waals surface area contributed by atoms with E-state index in [1.807, 2.05) is 0 Å². The van der Waals surface area contributed by atoms with Crippen LogP contribution in [0.2, 0.25) is 0 Å². The standard InChI is InChI=1S/C14H24N2O4S/c1-11(10-19-4)16(3)21(17,18)13-6-7-14(20-5)12(8-13)9-15-2/h6-8,11,15H,9-10H2,1-5H3. The molecule has 1 N–H and O–H groups in total. The van der Waals surface area contributed by atoms with E-state index in [2.05, 4.69) is 5.32 Å². The number of methoxy groups -OCH3 is 2. The van der Waals surface area contributed by atoms with Gasteiger partial charge in [0.1, 0.15) is 5.75 Å². The van der Waals surface area contributed by atoms with Crippen LogP contribution in [0.25, 0.3) is 0 Å². The Hall–Kier alpha value is -1.15. The van der Waals surface area contributed by atoms with Crippen molar-refractivity contribution in [3.63, 3.8) is 0 Å². The van der Waals surface area contributed by atoms with Crippen molar-refractivity contribution in [3.05, 3.63) is 23.8 Å². The van der Waals surface area contributed by atoms with Gasteiger partial charge < -0.3 is 14.8 Å². The van der Waals surface area contributed by atoms with E-state index in [0.29, 0.717) is 18.9 Å². The second-order valence-electron chi connectivity index (χ2n) is 4.83. The Morgan fingerprint density at radius 1 is 1.33 bits per heavy atom. The lowest BCUT2D eigenvalue weighted by Crippen LogP contribution is -2.37. The van der Waals surface area contributed by atoms with Crippen LogP contribution in [-0.4, -0.2) is 53.7 Å². The summed E-state index contributed by atoms with van der Waals surface area (Å²) in [5.74, 6) is 0.663. The Morgan fingerprint density at radius 2 is 2.00 bits per heavy atom. The molecule has 1 unspecified atom stereocenters. The molecule has 1 atom stereocenters. The number of benzene rings is 1. The lowest BCUT2D eigenvalue weighted by molar-refractivity contribution is 0.149. The molecule has 0 heterocycles. The average molecular weight is 316 g/mol. The molecule has 0 spiro atoms. The maximum absolute atomic E-state index is 12.6. The minimum atomic E-state index is -3.56. The fourth-order valence-electron chi connectivity index (χ4n) is 1.99. The van der Waals surface area contributed by atoms with Gasteiger partial charge in [0.25, 0.3) is 0 Å². The molecular weight excluding hydrogens is 292 g/mol. The van der Waals surface area contributed by atoms with E-state index in [1.54, 1.807) is 53.4 Å². The first-order chi connectivity index (χ1) is 9.88. The highest BCUT2D eigenvalue weighted by atomic mass is 32.2. The molecule has 1 aromatic carbocycles. The SMILES string of the molecule is CNCc1cc(S(=O)(=O)N(C)C(C)COC)ccc1OC. The third kappa shape index (κ3) is 4.16. The molecule has 0 aromatic heterocycles. The van der Waals surface area contributed by atoms with Crippen molar-refractivity contribution in [2.75, 3.05) is 34.9 Å². The molecule has 1 rings (SSSR count). The molecule has 6 nitrogen and oxygen atoms in total. The van der Waals surface area contributed by atoms with E-state index in [9.17, 15) is 8.42 Å². The molecule has 0 aliphatic heterocycles. The smallest absolute Gasteiger partial charge is 0.243 e. The summed E-state index contributed by atoms with van der Waals surface area (Å²) >= 11 is 0. The molecule has 1 aromatic rings.